The molecular weight excluding hydrogens is 491 g/mol. The molecule has 0 aliphatic heterocycles. The van der Waals surface area contributed by atoms with E-state index in [-0.39, 0.29) is 25.4 Å². The van der Waals surface area contributed by atoms with Crippen molar-refractivity contribution < 1.29 is 14.3 Å². The lowest BCUT2D eigenvalue weighted by Crippen LogP contribution is -2.42. The van der Waals surface area contributed by atoms with Gasteiger partial charge in [-0.3, -0.25) is 4.79 Å². The molecule has 186 valence electrons. The molecule has 1 unspecified atom stereocenters. The van der Waals surface area contributed by atoms with Crippen LogP contribution in [0.4, 0.5) is 10.5 Å². The Balaban J connectivity index is 1.47. The van der Waals surface area contributed by atoms with Gasteiger partial charge in [0.15, 0.2) is 11.6 Å². The molecule has 35 heavy (non-hydrogen) atoms. The molecule has 3 aromatic rings. The zero-order valence-electron chi connectivity index (χ0n) is 19.9. The van der Waals surface area contributed by atoms with Crippen LogP contribution < -0.4 is 10.2 Å². The van der Waals surface area contributed by atoms with Crippen LogP contribution in [0, 0.1) is 0 Å². The number of nitrogens with one attached hydrogen (secondary N) is 1. The second kappa shape index (κ2) is 12.5. The van der Waals surface area contributed by atoms with Crippen LogP contribution in [0.25, 0.3) is 0 Å². The third kappa shape index (κ3) is 7.66. The number of hydrogen-bond acceptors (Lipinski definition) is 7. The Bertz CT molecular complexity index is 1130. The minimum Gasteiger partial charge on any atom is -0.449 e. The van der Waals surface area contributed by atoms with Crippen molar-refractivity contribution in [3.63, 3.8) is 0 Å². The van der Waals surface area contributed by atoms with Gasteiger partial charge in [0.05, 0.1) is 12.6 Å². The van der Waals surface area contributed by atoms with Gasteiger partial charge in [-0.25, -0.2) is 4.79 Å². The van der Waals surface area contributed by atoms with Gasteiger partial charge in [0.2, 0.25) is 0 Å². The number of nitrogens with zero attached hydrogens (tertiary/aromatic N) is 5. The first kappa shape index (κ1) is 26.4. The molecule has 0 fully saturated rings. The van der Waals surface area contributed by atoms with Crippen LogP contribution in [0.15, 0.2) is 42.5 Å². The van der Waals surface area contributed by atoms with Crippen molar-refractivity contribution in [2.75, 3.05) is 25.6 Å². The minimum absolute atomic E-state index is 0.139. The Hall–Kier alpha value is -3.17. The number of amides is 1. The number of tetrazole rings is 1. The number of rotatable bonds is 11. The molecule has 11 heteroatoms. The molecule has 3 rings (SSSR count). The molecule has 2 aromatic carbocycles. The van der Waals surface area contributed by atoms with Crippen molar-refractivity contribution in [3.05, 3.63) is 69.5 Å². The molecule has 9 nitrogen and oxygen atoms in total. The Kier molecular flexibility index (Phi) is 9.45. The minimum atomic E-state index is -0.727. The van der Waals surface area contributed by atoms with Crippen molar-refractivity contribution >= 4 is 40.8 Å². The van der Waals surface area contributed by atoms with Gasteiger partial charge in [-0.15, -0.1) is 10.2 Å². The summed E-state index contributed by atoms with van der Waals surface area (Å²) in [5, 5.41) is 15.8. The summed E-state index contributed by atoms with van der Waals surface area (Å²) < 4.78 is 5.26. The van der Waals surface area contributed by atoms with E-state index >= 15 is 0 Å². The predicted octanol–water partition coefficient (Wildman–Crippen LogP) is 3.95. The summed E-state index contributed by atoms with van der Waals surface area (Å²) in [6.45, 7) is 1.87. The highest BCUT2D eigenvalue weighted by atomic mass is 35.5. The van der Waals surface area contributed by atoms with E-state index in [2.05, 4.69) is 20.7 Å². The molecule has 0 radical (unpaired) electrons. The molecule has 0 aliphatic rings. The summed E-state index contributed by atoms with van der Waals surface area (Å²) >= 11 is 12.4. The third-order valence-electron chi connectivity index (χ3n) is 5.35. The first-order valence-electron chi connectivity index (χ1n) is 11.2. The fraction of sp³-hybridized carbons (Fsp3) is 0.375. The number of ketones is 1. The van der Waals surface area contributed by atoms with Gasteiger partial charge in [0.1, 0.15) is 6.54 Å². The molecular formula is C24H28Cl2N6O3. The zero-order chi connectivity index (χ0) is 25.4. The number of aromatic nitrogens is 4. The number of carbonyl (C=O) groups excluding carboxylic acids is 2. The van der Waals surface area contributed by atoms with E-state index in [1.807, 2.05) is 43.3 Å². The highest BCUT2D eigenvalue weighted by molar-refractivity contribution is 6.36. The number of ether oxygens (including phenoxy) is 1. The number of alkyl carbamates (subject to hydrolysis) is 1. The first-order valence-corrected chi connectivity index (χ1v) is 11.9. The van der Waals surface area contributed by atoms with E-state index in [4.69, 9.17) is 27.9 Å². The molecule has 1 N–H and O–H groups in total. The summed E-state index contributed by atoms with van der Waals surface area (Å²) in [6, 6.07) is 12.5. The predicted molar refractivity (Wildman–Crippen MR) is 135 cm³/mol. The lowest BCUT2D eigenvalue weighted by atomic mass is 10.1. The lowest BCUT2D eigenvalue weighted by Gasteiger charge is -2.15. The Morgan fingerprint density at radius 2 is 1.80 bits per heavy atom. The number of carbonyl (C=O) groups is 2. The van der Waals surface area contributed by atoms with Gasteiger partial charge in [0, 0.05) is 42.7 Å². The van der Waals surface area contributed by atoms with Crippen LogP contribution in [-0.2, 0) is 28.9 Å². The van der Waals surface area contributed by atoms with Gasteiger partial charge >= 0.3 is 6.09 Å². The second-order valence-corrected chi connectivity index (χ2v) is 8.95. The highest BCUT2D eigenvalue weighted by Crippen LogP contribution is 2.25. The molecule has 0 bridgehead atoms. The molecule has 0 spiro atoms. The summed E-state index contributed by atoms with van der Waals surface area (Å²) in [7, 11) is 3.95. The topological polar surface area (TPSA) is 102 Å². The van der Waals surface area contributed by atoms with Gasteiger partial charge < -0.3 is 15.0 Å². The number of benzene rings is 2. The molecule has 1 aromatic heterocycles. The van der Waals surface area contributed by atoms with Crippen molar-refractivity contribution in [1.29, 1.82) is 0 Å². The van der Waals surface area contributed by atoms with Crippen LogP contribution in [0.3, 0.4) is 0 Å². The largest absolute Gasteiger partial charge is 0.449 e. The van der Waals surface area contributed by atoms with E-state index in [0.29, 0.717) is 34.3 Å². The van der Waals surface area contributed by atoms with E-state index in [1.54, 1.807) is 25.1 Å². The average molecular weight is 519 g/mol. The normalized spacial score (nSPS) is 11.7. The van der Waals surface area contributed by atoms with Crippen molar-refractivity contribution in [2.45, 2.75) is 38.8 Å². The SMILES string of the molecule is CCC(NC(=O)OCCc1ccc(N(C)C)cc1)C(=O)Cn1nnc(Cc2c(Cl)cccc2Cl)n1. The Morgan fingerprint density at radius 1 is 1.11 bits per heavy atom. The number of halogens is 2. The Labute approximate surface area is 214 Å². The number of Topliss-reactive ketones (excluding diaryl/α,β-unsaturated/α-hetero) is 1. The lowest BCUT2D eigenvalue weighted by molar-refractivity contribution is -0.122. The maximum absolute atomic E-state index is 12.7. The highest BCUT2D eigenvalue weighted by Gasteiger charge is 2.21. The van der Waals surface area contributed by atoms with E-state index < -0.39 is 12.1 Å². The standard InChI is InChI=1S/C24H28Cl2N6O3/c1-4-21(27-24(34)35-13-12-16-8-10-17(11-9-16)31(2)3)22(33)15-32-29-23(28-30-32)14-18-19(25)6-5-7-20(18)26/h5-11,21H,4,12-15H2,1-3H3,(H,27,34). The molecule has 1 atom stereocenters. The number of hydrogen-bond donors (Lipinski definition) is 1. The molecule has 1 heterocycles. The average Bonchev–Trinajstić information content (AvgIpc) is 3.27. The molecule has 0 saturated carbocycles. The van der Waals surface area contributed by atoms with Gasteiger partial charge in [-0.05, 0) is 47.0 Å². The fourth-order valence-corrected chi connectivity index (χ4v) is 3.87. The quantitative estimate of drug-likeness (QED) is 0.409. The number of anilines is 1. The second-order valence-electron chi connectivity index (χ2n) is 8.13. The van der Waals surface area contributed by atoms with E-state index in [0.717, 1.165) is 11.3 Å². The summed E-state index contributed by atoms with van der Waals surface area (Å²) in [5.74, 6) is 0.121. The van der Waals surface area contributed by atoms with Crippen LogP contribution in [0.2, 0.25) is 10.0 Å². The van der Waals surface area contributed by atoms with Gasteiger partial charge in [0.25, 0.3) is 0 Å². The summed E-state index contributed by atoms with van der Waals surface area (Å²) in [5.41, 5.74) is 2.84. The zero-order valence-corrected chi connectivity index (χ0v) is 21.4. The van der Waals surface area contributed by atoms with Crippen LogP contribution >= 0.6 is 23.2 Å². The first-order chi connectivity index (χ1) is 16.8. The smallest absolute Gasteiger partial charge is 0.407 e. The molecule has 1 amide bonds. The van der Waals surface area contributed by atoms with Gasteiger partial charge in [-0.2, -0.15) is 4.80 Å². The van der Waals surface area contributed by atoms with E-state index in [1.165, 1.54) is 4.80 Å². The van der Waals surface area contributed by atoms with Gasteiger partial charge in [-0.1, -0.05) is 48.3 Å². The monoisotopic (exact) mass is 518 g/mol. The van der Waals surface area contributed by atoms with E-state index in [9.17, 15) is 9.59 Å². The van der Waals surface area contributed by atoms with Crippen LogP contribution in [0.1, 0.15) is 30.3 Å². The maximum atomic E-state index is 12.7. The van der Waals surface area contributed by atoms with Crippen LogP contribution in [-0.4, -0.2) is 58.8 Å². The summed E-state index contributed by atoms with van der Waals surface area (Å²) in [4.78, 5) is 28.1. The Morgan fingerprint density at radius 3 is 2.43 bits per heavy atom. The molecule has 0 aliphatic carbocycles. The fourth-order valence-electron chi connectivity index (χ4n) is 3.34. The van der Waals surface area contributed by atoms with Crippen molar-refractivity contribution in [3.8, 4) is 0 Å². The van der Waals surface area contributed by atoms with Crippen molar-refractivity contribution in [2.24, 2.45) is 0 Å². The maximum Gasteiger partial charge on any atom is 0.407 e. The summed E-state index contributed by atoms with van der Waals surface area (Å²) in [6.07, 6.45) is 0.617. The van der Waals surface area contributed by atoms with Crippen LogP contribution in [0.5, 0.6) is 0 Å². The molecule has 0 saturated heterocycles. The third-order valence-corrected chi connectivity index (χ3v) is 6.06. The van der Waals surface area contributed by atoms with Crippen molar-refractivity contribution in [1.82, 2.24) is 25.5 Å².